The molecule has 2 nitrogen and oxygen atoms in total. The Bertz CT molecular complexity index is 298. The molecule has 2 heteroatoms. The summed E-state index contributed by atoms with van der Waals surface area (Å²) in [5.74, 6) is 0.157. The second-order valence-electron chi connectivity index (χ2n) is 2.05. The van der Waals surface area contributed by atoms with Crippen molar-refractivity contribution in [2.75, 3.05) is 6.56 Å². The maximum absolute atomic E-state index is 8.94. The van der Waals surface area contributed by atoms with Gasteiger partial charge in [0.2, 0.25) is 0 Å². The van der Waals surface area contributed by atoms with Crippen molar-refractivity contribution in [1.29, 1.82) is 0 Å². The van der Waals surface area contributed by atoms with Crippen molar-refractivity contribution >= 4 is 6.08 Å². The molecule has 0 bridgehead atoms. The summed E-state index contributed by atoms with van der Waals surface area (Å²) >= 11 is 0. The molecule has 0 saturated heterocycles. The smallest absolute Gasteiger partial charge is 0.115 e. The quantitative estimate of drug-likeness (QED) is 0.672. The number of benzene rings is 1. The lowest BCUT2D eigenvalue weighted by molar-refractivity contribution is 0.343. The van der Waals surface area contributed by atoms with E-state index < -0.39 is 6.56 Å². The van der Waals surface area contributed by atoms with Crippen LogP contribution >= 0.6 is 0 Å². The molecule has 0 aliphatic carbocycles. The van der Waals surface area contributed by atoms with Gasteiger partial charge in [0.25, 0.3) is 0 Å². The Morgan fingerprint density at radius 1 is 1.36 bits per heavy atom. The fourth-order valence-corrected chi connectivity index (χ4v) is 0.719. The maximum Gasteiger partial charge on any atom is 0.115 e. The number of phenols is 1. The molecule has 1 rings (SSSR count). The lowest BCUT2D eigenvalue weighted by Gasteiger charge is -1.92. The van der Waals surface area contributed by atoms with Gasteiger partial charge in [0.15, 0.2) is 0 Å². The number of hydrogen-bond donors (Lipinski definition) is 2. The molecule has 11 heavy (non-hydrogen) atoms. The molecule has 0 heterocycles. The van der Waals surface area contributed by atoms with E-state index in [1.807, 2.05) is 0 Å². The average molecular weight is 152 g/mol. The highest BCUT2D eigenvalue weighted by molar-refractivity contribution is 5.50. The topological polar surface area (TPSA) is 40.5 Å². The van der Waals surface area contributed by atoms with E-state index in [4.69, 9.17) is 13.0 Å². The second kappa shape index (κ2) is 3.78. The van der Waals surface area contributed by atoms with Gasteiger partial charge in [-0.2, -0.15) is 0 Å². The third-order valence-electron chi connectivity index (χ3n) is 1.24. The van der Waals surface area contributed by atoms with Crippen LogP contribution in [0.5, 0.6) is 5.75 Å². The van der Waals surface area contributed by atoms with Crippen LogP contribution in [0.25, 0.3) is 6.08 Å². The van der Waals surface area contributed by atoms with E-state index in [2.05, 4.69) is 0 Å². The van der Waals surface area contributed by atoms with Gasteiger partial charge in [-0.15, -0.1) is 0 Å². The fraction of sp³-hybridized carbons (Fsp3) is 0.111. The van der Waals surface area contributed by atoms with Gasteiger partial charge in [-0.25, -0.2) is 0 Å². The van der Waals surface area contributed by atoms with Crippen molar-refractivity contribution in [1.82, 2.24) is 0 Å². The monoisotopic (exact) mass is 152 g/mol. The van der Waals surface area contributed by atoms with Crippen LogP contribution in [0.2, 0.25) is 0 Å². The lowest BCUT2D eigenvalue weighted by atomic mass is 10.2. The molecule has 0 unspecified atom stereocenters. The highest BCUT2D eigenvalue weighted by Crippen LogP contribution is 2.10. The van der Waals surface area contributed by atoms with Gasteiger partial charge in [0, 0.05) is 0 Å². The fourth-order valence-electron chi connectivity index (χ4n) is 0.719. The Labute approximate surface area is 68.2 Å². The van der Waals surface area contributed by atoms with Gasteiger partial charge < -0.3 is 10.2 Å². The minimum absolute atomic E-state index is 0.157. The normalized spacial score (nSPS) is 14.6. The summed E-state index contributed by atoms with van der Waals surface area (Å²) in [5, 5.41) is 17.7. The predicted molar refractivity (Wildman–Crippen MR) is 44.2 cm³/mol. The molecular formula is C9H10O2. The van der Waals surface area contributed by atoms with E-state index in [-0.39, 0.29) is 5.75 Å². The third-order valence-corrected chi connectivity index (χ3v) is 1.24. The van der Waals surface area contributed by atoms with E-state index in [0.29, 0.717) is 0 Å². The molecule has 0 aromatic heterocycles. The minimum Gasteiger partial charge on any atom is -0.508 e. The van der Waals surface area contributed by atoms with Crippen LogP contribution in [0.15, 0.2) is 30.3 Å². The Morgan fingerprint density at radius 3 is 2.55 bits per heavy atom. The zero-order valence-electron chi connectivity index (χ0n) is 7.86. The summed E-state index contributed by atoms with van der Waals surface area (Å²) in [4.78, 5) is 0. The summed E-state index contributed by atoms with van der Waals surface area (Å²) in [6.45, 7) is -2.29. The number of aliphatic hydroxyl groups is 1. The van der Waals surface area contributed by atoms with E-state index in [9.17, 15) is 0 Å². The highest BCUT2D eigenvalue weighted by atomic mass is 16.3. The summed E-state index contributed by atoms with van der Waals surface area (Å²) in [6, 6.07) is 6.23. The van der Waals surface area contributed by atoms with Crippen LogP contribution in [-0.4, -0.2) is 16.8 Å². The van der Waals surface area contributed by atoms with Crippen LogP contribution in [0.3, 0.4) is 0 Å². The third kappa shape index (κ3) is 2.43. The van der Waals surface area contributed by atoms with E-state index >= 15 is 0 Å². The molecule has 1 aromatic rings. The average Bonchev–Trinajstić information content (AvgIpc) is 2.02. The first-order chi connectivity index (χ1) is 5.97. The van der Waals surface area contributed by atoms with E-state index in [1.165, 1.54) is 18.2 Å². The molecule has 0 amide bonds. The van der Waals surface area contributed by atoms with Crippen molar-refractivity contribution in [3.05, 3.63) is 35.9 Å². The first kappa shape index (κ1) is 5.38. The van der Waals surface area contributed by atoms with Crippen molar-refractivity contribution in [2.24, 2.45) is 0 Å². The van der Waals surface area contributed by atoms with Gasteiger partial charge in [-0.05, 0) is 17.7 Å². The predicted octanol–water partition coefficient (Wildman–Crippen LogP) is 1.40. The number of phenolic OH excluding ortho intramolecular Hbond substituents is 1. The number of aromatic hydroxyl groups is 1. The van der Waals surface area contributed by atoms with Crippen molar-refractivity contribution in [3.63, 3.8) is 0 Å². The first-order valence-corrected chi connectivity index (χ1v) is 3.18. The Kier molecular flexibility index (Phi) is 1.85. The minimum atomic E-state index is -2.29. The van der Waals surface area contributed by atoms with Crippen molar-refractivity contribution < 1.29 is 13.0 Å². The molecule has 0 fully saturated rings. The molecule has 0 aliphatic rings. The molecular weight excluding hydrogens is 140 g/mol. The van der Waals surface area contributed by atoms with E-state index in [1.54, 1.807) is 12.1 Å². The van der Waals surface area contributed by atoms with Gasteiger partial charge >= 0.3 is 0 Å². The maximum atomic E-state index is 8.94. The Morgan fingerprint density at radius 2 is 2.00 bits per heavy atom. The Hall–Kier alpha value is -1.28. The zero-order valence-corrected chi connectivity index (χ0v) is 5.86. The largest absolute Gasteiger partial charge is 0.508 e. The summed E-state index contributed by atoms with van der Waals surface area (Å²) in [6.07, 6.45) is 2.48. The molecule has 0 spiro atoms. The number of rotatable bonds is 2. The SMILES string of the molecule is [2H]C([2H])(O)/C=C/c1ccc(O)cc1. The zero-order chi connectivity index (χ0) is 9.90. The van der Waals surface area contributed by atoms with Crippen molar-refractivity contribution in [3.8, 4) is 5.75 Å². The molecule has 0 atom stereocenters. The highest BCUT2D eigenvalue weighted by Gasteiger charge is 1.85. The molecule has 0 saturated carbocycles. The standard InChI is InChI=1S/C9H10O2/c10-7-1-2-8-3-5-9(11)6-4-8/h1-6,10-11H,7H2/b2-1+/i7D2. The van der Waals surface area contributed by atoms with Crippen molar-refractivity contribution in [2.45, 2.75) is 0 Å². The van der Waals surface area contributed by atoms with Gasteiger partial charge in [-0.1, -0.05) is 24.3 Å². The van der Waals surface area contributed by atoms with Crippen LogP contribution < -0.4 is 0 Å². The number of hydrogen-bond acceptors (Lipinski definition) is 2. The Balaban J connectivity index is 2.75. The van der Waals surface area contributed by atoms with Gasteiger partial charge in [-0.3, -0.25) is 0 Å². The molecule has 0 radical (unpaired) electrons. The van der Waals surface area contributed by atoms with E-state index in [0.717, 1.165) is 11.6 Å². The van der Waals surface area contributed by atoms with Gasteiger partial charge in [0.05, 0.1) is 9.30 Å². The van der Waals surface area contributed by atoms with Crippen LogP contribution in [0.4, 0.5) is 0 Å². The second-order valence-corrected chi connectivity index (χ2v) is 2.05. The van der Waals surface area contributed by atoms with Crippen LogP contribution in [-0.2, 0) is 0 Å². The molecule has 58 valence electrons. The lowest BCUT2D eigenvalue weighted by Crippen LogP contribution is -1.73. The van der Waals surface area contributed by atoms with Crippen LogP contribution in [0.1, 0.15) is 8.30 Å². The summed E-state index contributed by atoms with van der Waals surface area (Å²) < 4.78 is 13.6. The molecule has 1 aromatic carbocycles. The molecule has 2 N–H and O–H groups in total. The molecule has 0 aliphatic heterocycles. The first-order valence-electron chi connectivity index (χ1n) is 4.18. The van der Waals surface area contributed by atoms with Gasteiger partial charge in [0.1, 0.15) is 5.75 Å². The summed E-state index contributed by atoms with van der Waals surface area (Å²) in [5.41, 5.74) is 0.718. The summed E-state index contributed by atoms with van der Waals surface area (Å²) in [7, 11) is 0. The van der Waals surface area contributed by atoms with Crippen LogP contribution in [0, 0.1) is 0 Å².